The molecule has 0 spiro atoms. The first kappa shape index (κ1) is 15.2. The second kappa shape index (κ2) is 7.55. The molecule has 0 aliphatic heterocycles. The maximum absolute atomic E-state index is 13.6. The van der Waals surface area contributed by atoms with Gasteiger partial charge >= 0.3 is 0 Å². The van der Waals surface area contributed by atoms with Gasteiger partial charge in [0.1, 0.15) is 17.7 Å². The summed E-state index contributed by atoms with van der Waals surface area (Å²) in [7, 11) is 0. The third-order valence-electron chi connectivity index (χ3n) is 3.82. The number of ether oxygens (including phenoxy) is 1. The number of hydrogen-bond donors (Lipinski definition) is 0. The highest BCUT2D eigenvalue weighted by Crippen LogP contribution is 2.31. The number of alkyl halides is 1. The van der Waals surface area contributed by atoms with Crippen molar-refractivity contribution in [3.05, 3.63) is 29.6 Å². The van der Waals surface area contributed by atoms with E-state index in [2.05, 4.69) is 18.8 Å². The lowest BCUT2D eigenvalue weighted by Gasteiger charge is -2.31. The summed E-state index contributed by atoms with van der Waals surface area (Å²) in [5.74, 6) is 6.65. The molecule has 20 heavy (non-hydrogen) atoms. The first-order chi connectivity index (χ1) is 9.72. The van der Waals surface area contributed by atoms with Crippen molar-refractivity contribution in [1.82, 2.24) is 0 Å². The standard InChI is InChI=1S/C17H20ClFO/c1-2-14-7-3-4-8-17(14)20-16-11-13(6-5-9-18)10-15(19)12-16/h10-12,14,17H,2-4,7-9H2,1H3. The molecule has 1 aromatic rings. The van der Waals surface area contributed by atoms with Crippen LogP contribution in [0.2, 0.25) is 0 Å². The van der Waals surface area contributed by atoms with E-state index in [4.69, 9.17) is 16.3 Å². The lowest BCUT2D eigenvalue weighted by molar-refractivity contribution is 0.0900. The Kier molecular flexibility index (Phi) is 5.73. The summed E-state index contributed by atoms with van der Waals surface area (Å²) in [5.41, 5.74) is 0.615. The third kappa shape index (κ3) is 4.15. The minimum absolute atomic E-state index is 0.199. The summed E-state index contributed by atoms with van der Waals surface area (Å²) in [6, 6.07) is 4.64. The Labute approximate surface area is 125 Å². The number of rotatable bonds is 3. The van der Waals surface area contributed by atoms with Crippen molar-refractivity contribution in [2.24, 2.45) is 5.92 Å². The molecule has 1 saturated carbocycles. The molecule has 0 heterocycles. The normalized spacial score (nSPS) is 21.9. The zero-order chi connectivity index (χ0) is 14.4. The highest BCUT2D eigenvalue weighted by molar-refractivity contribution is 6.19. The molecule has 0 aromatic heterocycles. The van der Waals surface area contributed by atoms with Gasteiger partial charge in [-0.25, -0.2) is 4.39 Å². The van der Waals surface area contributed by atoms with Crippen molar-refractivity contribution in [2.45, 2.75) is 45.1 Å². The minimum atomic E-state index is -0.315. The van der Waals surface area contributed by atoms with Crippen LogP contribution in [0.3, 0.4) is 0 Å². The molecule has 0 bridgehead atoms. The van der Waals surface area contributed by atoms with Crippen molar-refractivity contribution in [3.63, 3.8) is 0 Å². The van der Waals surface area contributed by atoms with Gasteiger partial charge in [0.2, 0.25) is 0 Å². The van der Waals surface area contributed by atoms with Crippen LogP contribution in [0.25, 0.3) is 0 Å². The lowest BCUT2D eigenvalue weighted by Crippen LogP contribution is -2.29. The van der Waals surface area contributed by atoms with Crippen LogP contribution < -0.4 is 4.74 Å². The van der Waals surface area contributed by atoms with Crippen LogP contribution in [0, 0.1) is 23.6 Å². The summed E-state index contributed by atoms with van der Waals surface area (Å²) in [6.07, 6.45) is 6.03. The topological polar surface area (TPSA) is 9.23 Å². The fourth-order valence-electron chi connectivity index (χ4n) is 2.81. The molecule has 1 aromatic carbocycles. The molecule has 1 aliphatic carbocycles. The first-order valence-corrected chi connectivity index (χ1v) is 7.78. The maximum atomic E-state index is 13.6. The van der Waals surface area contributed by atoms with Crippen LogP contribution in [0.5, 0.6) is 5.75 Å². The summed E-state index contributed by atoms with van der Waals surface area (Å²) in [6.45, 7) is 2.19. The molecule has 0 radical (unpaired) electrons. The van der Waals surface area contributed by atoms with E-state index < -0.39 is 0 Å². The van der Waals surface area contributed by atoms with Crippen LogP contribution >= 0.6 is 11.6 Å². The van der Waals surface area contributed by atoms with Crippen molar-refractivity contribution in [3.8, 4) is 17.6 Å². The summed E-state index contributed by atoms with van der Waals surface area (Å²) in [5, 5.41) is 0. The Morgan fingerprint density at radius 1 is 1.30 bits per heavy atom. The molecule has 1 fully saturated rings. The predicted octanol–water partition coefficient (Wildman–Crippen LogP) is 4.76. The third-order valence-corrected chi connectivity index (χ3v) is 3.96. The van der Waals surface area contributed by atoms with Gasteiger partial charge in [0.15, 0.2) is 0 Å². The largest absolute Gasteiger partial charge is 0.490 e. The molecule has 2 rings (SSSR count). The molecule has 2 unspecified atom stereocenters. The summed E-state index contributed by atoms with van der Waals surface area (Å²) < 4.78 is 19.6. The second-order valence-electron chi connectivity index (χ2n) is 5.22. The van der Waals surface area contributed by atoms with Gasteiger partial charge < -0.3 is 4.74 Å². The molecule has 2 atom stereocenters. The van der Waals surface area contributed by atoms with Gasteiger partial charge in [0.05, 0.1) is 5.88 Å². The van der Waals surface area contributed by atoms with Crippen LogP contribution in [0.15, 0.2) is 18.2 Å². The molecule has 1 nitrogen and oxygen atoms in total. The van der Waals surface area contributed by atoms with E-state index in [9.17, 15) is 4.39 Å². The average molecular weight is 295 g/mol. The van der Waals surface area contributed by atoms with Crippen LogP contribution in [0.4, 0.5) is 4.39 Å². The van der Waals surface area contributed by atoms with Gasteiger partial charge in [-0.15, -0.1) is 11.6 Å². The van der Waals surface area contributed by atoms with E-state index in [1.165, 1.54) is 31.4 Å². The Hall–Kier alpha value is -1.20. The maximum Gasteiger partial charge on any atom is 0.128 e. The van der Waals surface area contributed by atoms with E-state index in [0.717, 1.165) is 12.8 Å². The molecule has 108 valence electrons. The van der Waals surface area contributed by atoms with Crippen LogP contribution in [-0.4, -0.2) is 12.0 Å². The molecule has 3 heteroatoms. The summed E-state index contributed by atoms with van der Waals surface area (Å²) >= 11 is 5.53. The van der Waals surface area contributed by atoms with Crippen molar-refractivity contribution >= 4 is 11.6 Å². The van der Waals surface area contributed by atoms with Gasteiger partial charge in [-0.3, -0.25) is 0 Å². The van der Waals surface area contributed by atoms with E-state index in [0.29, 0.717) is 17.2 Å². The van der Waals surface area contributed by atoms with Crippen molar-refractivity contribution < 1.29 is 9.13 Å². The fraction of sp³-hybridized carbons (Fsp3) is 0.529. The minimum Gasteiger partial charge on any atom is -0.490 e. The van der Waals surface area contributed by atoms with Gasteiger partial charge in [-0.1, -0.05) is 25.2 Å². The Bertz CT molecular complexity index is 503. The number of benzene rings is 1. The Morgan fingerprint density at radius 2 is 2.10 bits per heavy atom. The van der Waals surface area contributed by atoms with Gasteiger partial charge in [0, 0.05) is 11.6 Å². The SMILES string of the molecule is CCC1CCCCC1Oc1cc(F)cc(C#CCCl)c1. The Morgan fingerprint density at radius 3 is 2.85 bits per heavy atom. The molecule has 0 saturated heterocycles. The monoisotopic (exact) mass is 294 g/mol. The van der Waals surface area contributed by atoms with Gasteiger partial charge in [-0.05, 0) is 43.7 Å². The summed E-state index contributed by atoms with van der Waals surface area (Å²) in [4.78, 5) is 0. The van der Waals surface area contributed by atoms with E-state index >= 15 is 0 Å². The van der Waals surface area contributed by atoms with E-state index in [1.54, 1.807) is 6.07 Å². The first-order valence-electron chi connectivity index (χ1n) is 7.25. The number of halogens is 2. The molecular weight excluding hydrogens is 275 g/mol. The molecule has 1 aliphatic rings. The molecule has 0 amide bonds. The molecular formula is C17H20ClFO. The van der Waals surface area contributed by atoms with Crippen LogP contribution in [-0.2, 0) is 0 Å². The predicted molar refractivity (Wildman–Crippen MR) is 80.7 cm³/mol. The molecule has 0 N–H and O–H groups in total. The van der Waals surface area contributed by atoms with Gasteiger partial charge in [-0.2, -0.15) is 0 Å². The van der Waals surface area contributed by atoms with Crippen molar-refractivity contribution in [1.29, 1.82) is 0 Å². The highest BCUT2D eigenvalue weighted by Gasteiger charge is 2.25. The average Bonchev–Trinajstić information content (AvgIpc) is 2.45. The van der Waals surface area contributed by atoms with Crippen molar-refractivity contribution in [2.75, 3.05) is 5.88 Å². The lowest BCUT2D eigenvalue weighted by atomic mass is 9.85. The highest BCUT2D eigenvalue weighted by atomic mass is 35.5. The Balaban J connectivity index is 2.13. The fourth-order valence-corrected chi connectivity index (χ4v) is 2.88. The quantitative estimate of drug-likeness (QED) is 0.577. The van der Waals surface area contributed by atoms with E-state index in [1.807, 2.05) is 0 Å². The van der Waals surface area contributed by atoms with E-state index in [-0.39, 0.29) is 17.8 Å². The van der Waals surface area contributed by atoms with Gasteiger partial charge in [0.25, 0.3) is 0 Å². The van der Waals surface area contributed by atoms with Crippen LogP contribution in [0.1, 0.15) is 44.6 Å². The smallest absolute Gasteiger partial charge is 0.128 e. The number of hydrogen-bond acceptors (Lipinski definition) is 1. The zero-order valence-electron chi connectivity index (χ0n) is 11.8. The second-order valence-corrected chi connectivity index (χ2v) is 5.49. The zero-order valence-corrected chi connectivity index (χ0v) is 12.5.